The monoisotopic (exact) mass is 836 g/mol. The second-order valence-corrected chi connectivity index (χ2v) is 15.8. The maximum absolute atomic E-state index is 14.9. The van der Waals surface area contributed by atoms with E-state index in [4.69, 9.17) is 4.74 Å². The molecule has 0 amide bonds. The molecule has 0 aliphatic heterocycles. The number of rotatable bonds is 19. The summed E-state index contributed by atoms with van der Waals surface area (Å²) >= 11 is 0. The highest BCUT2D eigenvalue weighted by molar-refractivity contribution is 5.73. The van der Waals surface area contributed by atoms with Crippen LogP contribution in [0.5, 0.6) is 5.75 Å². The molecule has 0 bridgehead atoms. The summed E-state index contributed by atoms with van der Waals surface area (Å²) in [7, 11) is 0. The minimum Gasteiger partial charge on any atom is -0.490 e. The highest BCUT2D eigenvalue weighted by atomic mass is 19.2. The van der Waals surface area contributed by atoms with Crippen molar-refractivity contribution in [3.05, 3.63) is 161 Å². The molecule has 0 saturated carbocycles. The van der Waals surface area contributed by atoms with Gasteiger partial charge in [0.05, 0.1) is 6.61 Å². The lowest BCUT2D eigenvalue weighted by Crippen LogP contribution is -2.01. The molecule has 6 aromatic carbocycles. The van der Waals surface area contributed by atoms with Crippen molar-refractivity contribution in [3.63, 3.8) is 0 Å². The molecule has 6 aromatic rings. The molecule has 0 aliphatic rings. The quantitative estimate of drug-likeness (QED) is 0.0583. The summed E-state index contributed by atoms with van der Waals surface area (Å²) < 4.78 is 92.2. The molecule has 322 valence electrons. The zero-order valence-corrected chi connectivity index (χ0v) is 36.0. The van der Waals surface area contributed by atoms with E-state index in [-0.39, 0.29) is 28.0 Å². The average Bonchev–Trinajstić information content (AvgIpc) is 3.27. The first-order chi connectivity index (χ1) is 29.6. The van der Waals surface area contributed by atoms with E-state index >= 15 is 0 Å². The van der Waals surface area contributed by atoms with E-state index in [0.29, 0.717) is 23.3 Å². The minimum atomic E-state index is -1.04. The standard InChI is InChI=1S/C29H33F3O.C25H25F3/c1-3-5-7-8-10-21-11-13-22(14-12-21)24-16-15-23(20-26(24)30)25-17-18-27(29(32)28(25)31)33-19-9-6-4-2;1-3-4-5-6-7-18-9-11-19(12-10-18)21-15-13-20(16-23(21)26)22-14-8-17(2)24(27)25(22)28/h11-18,20H,3-10,19H2,1-2H3;8-16H,3-7H2,1-2H3. The van der Waals surface area contributed by atoms with Crippen LogP contribution in [0.4, 0.5) is 26.3 Å². The molecule has 0 aliphatic carbocycles. The summed E-state index contributed by atoms with van der Waals surface area (Å²) in [6, 6.07) is 30.6. The van der Waals surface area contributed by atoms with E-state index < -0.39 is 34.9 Å². The Bertz CT molecular complexity index is 2300. The van der Waals surface area contributed by atoms with Gasteiger partial charge in [0.1, 0.15) is 11.6 Å². The molecule has 0 saturated heterocycles. The molecule has 61 heavy (non-hydrogen) atoms. The molecule has 7 heteroatoms. The van der Waals surface area contributed by atoms with Gasteiger partial charge >= 0.3 is 0 Å². The number of hydrogen-bond acceptors (Lipinski definition) is 1. The number of benzene rings is 6. The van der Waals surface area contributed by atoms with Crippen LogP contribution in [0.25, 0.3) is 44.5 Å². The first-order valence-electron chi connectivity index (χ1n) is 21.9. The van der Waals surface area contributed by atoms with Crippen molar-refractivity contribution in [2.45, 2.75) is 111 Å². The van der Waals surface area contributed by atoms with Gasteiger partial charge in [0.2, 0.25) is 5.82 Å². The third kappa shape index (κ3) is 12.9. The Morgan fingerprint density at radius 1 is 0.377 bits per heavy atom. The van der Waals surface area contributed by atoms with Crippen LogP contribution in [0.15, 0.2) is 109 Å². The first-order valence-corrected chi connectivity index (χ1v) is 21.9. The van der Waals surface area contributed by atoms with Gasteiger partial charge in [0, 0.05) is 22.3 Å². The van der Waals surface area contributed by atoms with E-state index in [2.05, 4.69) is 20.8 Å². The molecular weight excluding hydrogens is 779 g/mol. The maximum Gasteiger partial charge on any atom is 0.201 e. The van der Waals surface area contributed by atoms with Crippen LogP contribution in [0.2, 0.25) is 0 Å². The zero-order valence-electron chi connectivity index (χ0n) is 36.0. The van der Waals surface area contributed by atoms with E-state index in [0.717, 1.165) is 56.1 Å². The van der Waals surface area contributed by atoms with E-state index in [1.807, 2.05) is 48.5 Å². The molecule has 0 N–H and O–H groups in total. The fraction of sp³-hybridized carbons (Fsp3) is 0.333. The molecule has 0 radical (unpaired) electrons. The number of unbranched alkanes of at least 4 members (excludes halogenated alkanes) is 8. The summed E-state index contributed by atoms with van der Waals surface area (Å²) in [6.07, 6.45) is 14.5. The smallest absolute Gasteiger partial charge is 0.201 e. The molecular formula is C54H58F6O. The summed E-state index contributed by atoms with van der Waals surface area (Å²) in [5, 5.41) is 0. The lowest BCUT2D eigenvalue weighted by molar-refractivity contribution is 0.286. The first kappa shape index (κ1) is 46.8. The molecule has 6 rings (SSSR count). The topological polar surface area (TPSA) is 9.23 Å². The van der Waals surface area contributed by atoms with E-state index in [9.17, 15) is 26.3 Å². The van der Waals surface area contributed by atoms with Crippen LogP contribution in [0, 0.1) is 41.8 Å². The third-order valence-corrected chi connectivity index (χ3v) is 11.1. The fourth-order valence-corrected chi connectivity index (χ4v) is 7.32. The van der Waals surface area contributed by atoms with Gasteiger partial charge in [-0.25, -0.2) is 22.0 Å². The van der Waals surface area contributed by atoms with Crippen molar-refractivity contribution < 1.29 is 31.1 Å². The highest BCUT2D eigenvalue weighted by Gasteiger charge is 2.18. The van der Waals surface area contributed by atoms with Gasteiger partial charge in [-0.05, 0) is 102 Å². The van der Waals surface area contributed by atoms with E-state index in [1.165, 1.54) is 93.0 Å². The van der Waals surface area contributed by atoms with Gasteiger partial charge in [-0.3, -0.25) is 0 Å². The lowest BCUT2D eigenvalue weighted by atomic mass is 9.97. The van der Waals surface area contributed by atoms with Gasteiger partial charge in [0.25, 0.3) is 0 Å². The summed E-state index contributed by atoms with van der Waals surface area (Å²) in [5.41, 5.74) is 5.84. The van der Waals surface area contributed by atoms with Gasteiger partial charge in [-0.15, -0.1) is 0 Å². The van der Waals surface area contributed by atoms with Crippen LogP contribution in [0.3, 0.4) is 0 Å². The van der Waals surface area contributed by atoms with Gasteiger partial charge in [-0.1, -0.05) is 157 Å². The lowest BCUT2D eigenvalue weighted by Gasteiger charge is -2.12. The molecule has 0 heterocycles. The third-order valence-electron chi connectivity index (χ3n) is 11.1. The second-order valence-electron chi connectivity index (χ2n) is 15.8. The Balaban J connectivity index is 0.000000234. The second kappa shape index (κ2) is 23.6. The molecule has 0 spiro atoms. The van der Waals surface area contributed by atoms with Crippen LogP contribution in [-0.2, 0) is 12.8 Å². The highest BCUT2D eigenvalue weighted by Crippen LogP contribution is 2.34. The van der Waals surface area contributed by atoms with Crippen molar-refractivity contribution in [2.75, 3.05) is 6.61 Å². The average molecular weight is 837 g/mol. The Kier molecular flexibility index (Phi) is 18.1. The Morgan fingerprint density at radius 2 is 0.787 bits per heavy atom. The van der Waals surface area contributed by atoms with Crippen LogP contribution >= 0.6 is 0 Å². The predicted molar refractivity (Wildman–Crippen MR) is 240 cm³/mol. The summed E-state index contributed by atoms with van der Waals surface area (Å²) in [6.45, 7) is 8.28. The molecule has 0 fully saturated rings. The van der Waals surface area contributed by atoms with Crippen molar-refractivity contribution in [2.24, 2.45) is 0 Å². The molecule has 0 atom stereocenters. The Labute approximate surface area is 358 Å². The Hall–Kier alpha value is -5.30. The fourth-order valence-electron chi connectivity index (χ4n) is 7.32. The van der Waals surface area contributed by atoms with Crippen LogP contribution < -0.4 is 4.74 Å². The minimum absolute atomic E-state index is 0.0151. The number of aryl methyl sites for hydroxylation is 3. The van der Waals surface area contributed by atoms with Gasteiger partial charge in [-0.2, -0.15) is 4.39 Å². The van der Waals surface area contributed by atoms with Gasteiger partial charge < -0.3 is 4.74 Å². The maximum atomic E-state index is 14.9. The van der Waals surface area contributed by atoms with Crippen molar-refractivity contribution >= 4 is 0 Å². The van der Waals surface area contributed by atoms with Crippen LogP contribution in [-0.4, -0.2) is 6.61 Å². The van der Waals surface area contributed by atoms with E-state index in [1.54, 1.807) is 24.3 Å². The van der Waals surface area contributed by atoms with Crippen molar-refractivity contribution in [3.8, 4) is 50.3 Å². The number of halogens is 6. The summed E-state index contributed by atoms with van der Waals surface area (Å²) in [5.74, 6) is -4.93. The summed E-state index contributed by atoms with van der Waals surface area (Å²) in [4.78, 5) is 0. The van der Waals surface area contributed by atoms with Gasteiger partial charge in [0.15, 0.2) is 23.2 Å². The van der Waals surface area contributed by atoms with Crippen LogP contribution in [0.1, 0.15) is 108 Å². The largest absolute Gasteiger partial charge is 0.490 e. The molecule has 0 unspecified atom stereocenters. The Morgan fingerprint density at radius 3 is 1.25 bits per heavy atom. The predicted octanol–water partition coefficient (Wildman–Crippen LogP) is 17.0. The normalized spacial score (nSPS) is 11.0. The SMILES string of the molecule is CCCCCCc1ccc(-c2ccc(-c3ccc(C)c(F)c3F)cc2F)cc1.CCCCCCc1ccc(-c2ccc(-c3ccc(OCCCCC)c(F)c3F)cc2F)cc1. The number of ether oxygens (including phenoxy) is 1. The van der Waals surface area contributed by atoms with Crippen molar-refractivity contribution in [1.82, 2.24) is 0 Å². The zero-order chi connectivity index (χ0) is 43.7. The molecule has 0 aromatic heterocycles. The number of hydrogen-bond donors (Lipinski definition) is 0. The molecule has 1 nitrogen and oxygen atoms in total. The van der Waals surface area contributed by atoms with Crippen molar-refractivity contribution in [1.29, 1.82) is 0 Å².